The van der Waals surface area contributed by atoms with Crippen LogP contribution >= 0.6 is 11.6 Å². The number of carbonyl (C=O) groups excluding carboxylic acids is 2. The van der Waals surface area contributed by atoms with E-state index in [2.05, 4.69) is 17.6 Å². The van der Waals surface area contributed by atoms with Gasteiger partial charge in [-0.25, -0.2) is 0 Å². The van der Waals surface area contributed by atoms with Gasteiger partial charge in [0.2, 0.25) is 0 Å². The number of halogens is 1. The molecule has 1 rings (SSSR count). The van der Waals surface area contributed by atoms with Crippen LogP contribution < -0.4 is 15.5 Å². The Morgan fingerprint density at radius 3 is 2.50 bits per heavy atom. The van der Waals surface area contributed by atoms with Crippen molar-refractivity contribution in [2.75, 3.05) is 25.0 Å². The topological polar surface area (TPSA) is 62.6 Å². The Labute approximate surface area is 149 Å². The van der Waals surface area contributed by atoms with E-state index in [-0.39, 0.29) is 24.4 Å². The summed E-state index contributed by atoms with van der Waals surface area (Å²) in [6.45, 7) is 9.23. The first-order chi connectivity index (χ1) is 11.3. The number of amides is 2. The van der Waals surface area contributed by atoms with Gasteiger partial charge in [0.25, 0.3) is 11.8 Å². The van der Waals surface area contributed by atoms with Crippen molar-refractivity contribution in [3.8, 4) is 0 Å². The summed E-state index contributed by atoms with van der Waals surface area (Å²) in [6, 6.07) is 5.56. The average Bonchev–Trinajstić information content (AvgIpc) is 2.50. The molecule has 0 saturated carbocycles. The Morgan fingerprint density at radius 2 is 1.88 bits per heavy atom. The maximum Gasteiger partial charge on any atom is 0.279 e. The van der Waals surface area contributed by atoms with Gasteiger partial charge in [-0.2, -0.15) is 0 Å². The predicted octanol–water partition coefficient (Wildman–Crippen LogP) is 1.80. The van der Waals surface area contributed by atoms with Crippen LogP contribution in [0.4, 0.5) is 5.69 Å². The fourth-order valence-corrected chi connectivity index (χ4v) is 2.69. The minimum atomic E-state index is -0.119. The average molecular weight is 355 g/mol. The van der Waals surface area contributed by atoms with Crippen molar-refractivity contribution >= 4 is 29.1 Å². The molecule has 0 saturated heterocycles. The Morgan fingerprint density at radius 1 is 1.21 bits per heavy atom. The number of carbonyl (C=O) groups is 2. The van der Waals surface area contributed by atoms with Crippen LogP contribution in [0.2, 0.25) is 5.02 Å². The second kappa shape index (κ2) is 10.3. The first-order valence-corrected chi connectivity index (χ1v) is 8.92. The fourth-order valence-electron chi connectivity index (χ4n) is 2.52. The monoisotopic (exact) mass is 354 g/mol. The van der Waals surface area contributed by atoms with E-state index in [1.807, 2.05) is 26.8 Å². The van der Waals surface area contributed by atoms with Gasteiger partial charge in [-0.05, 0) is 44.9 Å². The molecule has 134 valence electrons. The molecule has 24 heavy (non-hydrogen) atoms. The number of hydrogen-bond donors (Lipinski definition) is 3. The lowest BCUT2D eigenvalue weighted by atomic mass is 10.2. The Kier molecular flexibility index (Phi) is 8.79. The molecular weight excluding hydrogens is 326 g/mol. The third-order valence-corrected chi connectivity index (χ3v) is 4.16. The summed E-state index contributed by atoms with van der Waals surface area (Å²) in [5, 5.41) is 6.43. The minimum Gasteiger partial charge on any atom is -0.349 e. The smallest absolute Gasteiger partial charge is 0.279 e. The summed E-state index contributed by atoms with van der Waals surface area (Å²) in [6.07, 6.45) is 1.99. The normalized spacial score (nSPS) is 13.2. The van der Waals surface area contributed by atoms with E-state index < -0.39 is 0 Å². The van der Waals surface area contributed by atoms with Crippen molar-refractivity contribution in [3.63, 3.8) is 0 Å². The highest BCUT2D eigenvalue weighted by atomic mass is 35.5. The lowest BCUT2D eigenvalue weighted by molar-refractivity contribution is -0.881. The third-order valence-electron chi connectivity index (χ3n) is 3.92. The summed E-state index contributed by atoms with van der Waals surface area (Å²) in [5.74, 6) is -0.133. The van der Waals surface area contributed by atoms with Crippen molar-refractivity contribution < 1.29 is 14.5 Å². The highest BCUT2D eigenvalue weighted by molar-refractivity contribution is 6.31. The summed E-state index contributed by atoms with van der Waals surface area (Å²) in [4.78, 5) is 25.2. The molecule has 6 heteroatoms. The quantitative estimate of drug-likeness (QED) is 0.633. The van der Waals surface area contributed by atoms with E-state index in [0.717, 1.165) is 23.3 Å². The molecule has 2 atom stereocenters. The van der Waals surface area contributed by atoms with Crippen molar-refractivity contribution in [1.29, 1.82) is 0 Å². The molecule has 0 radical (unpaired) electrons. The van der Waals surface area contributed by atoms with Crippen LogP contribution in [0.15, 0.2) is 18.2 Å². The van der Waals surface area contributed by atoms with Gasteiger partial charge < -0.3 is 15.5 Å². The van der Waals surface area contributed by atoms with Crippen LogP contribution in [0.25, 0.3) is 0 Å². The molecule has 0 aliphatic heterocycles. The molecule has 5 nitrogen and oxygen atoms in total. The Bertz CT molecular complexity index is 563. The molecule has 2 amide bonds. The second-order valence-electron chi connectivity index (χ2n) is 6.22. The molecule has 1 unspecified atom stereocenters. The second-order valence-corrected chi connectivity index (χ2v) is 6.66. The zero-order valence-corrected chi connectivity index (χ0v) is 15.8. The number of hydrogen-bond acceptors (Lipinski definition) is 2. The van der Waals surface area contributed by atoms with Gasteiger partial charge in [0.15, 0.2) is 13.1 Å². The molecule has 0 aliphatic carbocycles. The fraction of sp³-hybridized carbons (Fsp3) is 0.556. The Balaban J connectivity index is 2.53. The van der Waals surface area contributed by atoms with Crippen LogP contribution in [0.3, 0.4) is 0 Å². The number of aryl methyl sites for hydroxylation is 1. The third kappa shape index (κ3) is 7.32. The van der Waals surface area contributed by atoms with Gasteiger partial charge in [0.05, 0.1) is 6.54 Å². The summed E-state index contributed by atoms with van der Waals surface area (Å²) < 4.78 is 0. The van der Waals surface area contributed by atoms with Crippen LogP contribution in [-0.2, 0) is 9.59 Å². The molecule has 0 aliphatic rings. The van der Waals surface area contributed by atoms with E-state index in [9.17, 15) is 9.59 Å². The predicted molar refractivity (Wildman–Crippen MR) is 98.6 cm³/mol. The molecule has 1 aromatic rings. The zero-order chi connectivity index (χ0) is 18.1. The molecule has 0 aromatic heterocycles. The van der Waals surface area contributed by atoms with Crippen molar-refractivity contribution in [2.45, 2.75) is 46.6 Å². The van der Waals surface area contributed by atoms with E-state index >= 15 is 0 Å². The number of anilines is 1. The summed E-state index contributed by atoms with van der Waals surface area (Å²) in [7, 11) is 0. The Hall–Kier alpha value is -1.59. The van der Waals surface area contributed by atoms with Crippen molar-refractivity contribution in [1.82, 2.24) is 5.32 Å². The number of quaternary nitrogens is 1. The van der Waals surface area contributed by atoms with Gasteiger partial charge in [0.1, 0.15) is 0 Å². The molecule has 0 heterocycles. The minimum absolute atomic E-state index is 0.0143. The number of nitrogens with one attached hydrogen (secondary N) is 3. The van der Waals surface area contributed by atoms with Crippen LogP contribution in [0.1, 0.15) is 39.2 Å². The first-order valence-electron chi connectivity index (χ1n) is 8.54. The maximum atomic E-state index is 12.2. The van der Waals surface area contributed by atoms with Gasteiger partial charge in [-0.1, -0.05) is 31.0 Å². The van der Waals surface area contributed by atoms with Gasteiger partial charge in [0, 0.05) is 16.8 Å². The lowest BCUT2D eigenvalue weighted by Gasteiger charge is -2.19. The largest absolute Gasteiger partial charge is 0.349 e. The van der Waals surface area contributed by atoms with Crippen molar-refractivity contribution in [3.05, 3.63) is 28.8 Å². The summed E-state index contributed by atoms with van der Waals surface area (Å²) >= 11 is 5.97. The summed E-state index contributed by atoms with van der Waals surface area (Å²) in [5.41, 5.74) is 1.67. The molecule has 0 bridgehead atoms. The van der Waals surface area contributed by atoms with Gasteiger partial charge >= 0.3 is 0 Å². The maximum absolute atomic E-state index is 12.2. The van der Waals surface area contributed by atoms with E-state index in [4.69, 9.17) is 11.6 Å². The first kappa shape index (κ1) is 20.5. The van der Waals surface area contributed by atoms with E-state index in [0.29, 0.717) is 23.8 Å². The number of benzene rings is 1. The van der Waals surface area contributed by atoms with Crippen molar-refractivity contribution in [2.24, 2.45) is 0 Å². The molecule has 0 fully saturated rings. The molecule has 0 spiro atoms. The van der Waals surface area contributed by atoms with Crippen LogP contribution in [0, 0.1) is 6.92 Å². The van der Waals surface area contributed by atoms with Gasteiger partial charge in [-0.3, -0.25) is 9.59 Å². The van der Waals surface area contributed by atoms with E-state index in [1.165, 1.54) is 0 Å². The SMILES string of the molecule is CCC[C@H](C)NC(=O)C[NH+](CC)CC(=O)Nc1cc(Cl)ccc1C. The standard InChI is InChI=1S/C18H28ClN3O2/c1-5-7-14(4)20-17(23)11-22(6-2)12-18(24)21-16-10-15(19)9-8-13(16)3/h8-10,14H,5-7,11-12H2,1-4H3,(H,20,23)(H,21,24)/p+1/t14-/m0/s1. The number of likely N-dealkylation sites (N-methyl/N-ethyl adjacent to an activating group) is 1. The number of rotatable bonds is 9. The molecule has 1 aromatic carbocycles. The molecule has 3 N–H and O–H groups in total. The van der Waals surface area contributed by atoms with Gasteiger partial charge in [-0.15, -0.1) is 0 Å². The highest BCUT2D eigenvalue weighted by Gasteiger charge is 2.18. The lowest BCUT2D eigenvalue weighted by Crippen LogP contribution is -3.14. The zero-order valence-electron chi connectivity index (χ0n) is 15.0. The van der Waals surface area contributed by atoms with Crippen LogP contribution in [-0.4, -0.2) is 37.5 Å². The van der Waals surface area contributed by atoms with E-state index in [1.54, 1.807) is 12.1 Å². The van der Waals surface area contributed by atoms with Crippen LogP contribution in [0.5, 0.6) is 0 Å². The highest BCUT2D eigenvalue weighted by Crippen LogP contribution is 2.19. The molecular formula is C18H29ClN3O2+.